The summed E-state index contributed by atoms with van der Waals surface area (Å²) in [4.78, 5) is 25.1. The Morgan fingerprint density at radius 1 is 1.20 bits per heavy atom. The molecule has 5 heteroatoms. The van der Waals surface area contributed by atoms with Crippen LogP contribution in [0, 0.1) is 13.8 Å². The third-order valence-electron chi connectivity index (χ3n) is 3.29. The van der Waals surface area contributed by atoms with E-state index in [1.165, 1.54) is 0 Å². The Kier molecular flexibility index (Phi) is 4.09. The minimum absolute atomic E-state index is 0.0888. The van der Waals surface area contributed by atoms with Gasteiger partial charge in [0.25, 0.3) is 5.91 Å². The van der Waals surface area contributed by atoms with Gasteiger partial charge in [0.1, 0.15) is 0 Å². The minimum atomic E-state index is -1.03. The molecule has 0 bridgehead atoms. The second kappa shape index (κ2) is 5.63. The topological polar surface area (TPSA) is 66.8 Å². The zero-order valence-corrected chi connectivity index (χ0v) is 11.9. The summed E-state index contributed by atoms with van der Waals surface area (Å²) in [5.74, 6) is -1.17. The fourth-order valence-corrected chi connectivity index (χ4v) is 2.53. The second-order valence-corrected chi connectivity index (χ2v) is 5.36. The van der Waals surface area contributed by atoms with Crippen LogP contribution in [0.3, 0.4) is 0 Å². The number of ether oxygens (including phenoxy) is 1. The van der Waals surface area contributed by atoms with Gasteiger partial charge in [0.05, 0.1) is 12.6 Å². The fraction of sp³-hybridized carbons (Fsp3) is 0.467. The lowest BCUT2D eigenvalue weighted by Crippen LogP contribution is -2.51. The predicted octanol–water partition coefficient (Wildman–Crippen LogP) is 1.62. The number of hydrogen-bond acceptors (Lipinski definition) is 3. The van der Waals surface area contributed by atoms with Crippen molar-refractivity contribution in [3.8, 4) is 0 Å². The van der Waals surface area contributed by atoms with Gasteiger partial charge in [-0.1, -0.05) is 17.2 Å². The zero-order chi connectivity index (χ0) is 14.9. The summed E-state index contributed by atoms with van der Waals surface area (Å²) in [6, 6.07) is 5.65. The number of carboxylic acid groups (broad SMARTS) is 1. The Morgan fingerprint density at radius 3 is 2.35 bits per heavy atom. The van der Waals surface area contributed by atoms with Gasteiger partial charge in [-0.25, -0.2) is 4.79 Å². The van der Waals surface area contributed by atoms with Crippen molar-refractivity contribution < 1.29 is 19.4 Å². The largest absolute Gasteiger partial charge is 0.479 e. The molecule has 2 atom stereocenters. The first-order valence-corrected chi connectivity index (χ1v) is 6.62. The normalized spacial score (nSPS) is 22.6. The molecule has 2 rings (SSSR count). The van der Waals surface area contributed by atoms with Crippen LogP contribution in [-0.2, 0) is 9.53 Å². The number of hydrogen-bond donors (Lipinski definition) is 1. The lowest BCUT2D eigenvalue weighted by molar-refractivity contribution is -0.160. The first-order chi connectivity index (χ1) is 9.36. The lowest BCUT2D eigenvalue weighted by Gasteiger charge is -2.35. The molecule has 5 nitrogen and oxygen atoms in total. The third kappa shape index (κ3) is 3.17. The summed E-state index contributed by atoms with van der Waals surface area (Å²) in [5, 5.41) is 9.05. The Balaban J connectivity index is 2.21. The molecule has 1 saturated heterocycles. The molecule has 108 valence electrons. The molecule has 1 aliphatic heterocycles. The zero-order valence-electron chi connectivity index (χ0n) is 11.9. The van der Waals surface area contributed by atoms with Gasteiger partial charge in [-0.15, -0.1) is 0 Å². The maximum atomic E-state index is 12.5. The summed E-state index contributed by atoms with van der Waals surface area (Å²) in [5.41, 5.74) is 2.63. The fourth-order valence-electron chi connectivity index (χ4n) is 2.53. The third-order valence-corrected chi connectivity index (χ3v) is 3.29. The molecule has 0 aliphatic carbocycles. The van der Waals surface area contributed by atoms with Crippen molar-refractivity contribution >= 4 is 11.9 Å². The predicted molar refractivity (Wildman–Crippen MR) is 73.8 cm³/mol. The van der Waals surface area contributed by atoms with Crippen LogP contribution in [-0.4, -0.2) is 47.2 Å². The van der Waals surface area contributed by atoms with Crippen LogP contribution >= 0.6 is 0 Å². The maximum absolute atomic E-state index is 12.5. The standard InChI is InChI=1S/C15H19NO4/c1-9-4-10(2)6-12(5-9)14(17)16-7-11(3)20-13(8-16)15(18)19/h4-6,11,13H,7-8H2,1-3H3,(H,18,19)/t11-,13?/m1/s1. The first-order valence-electron chi connectivity index (χ1n) is 6.62. The number of nitrogens with zero attached hydrogens (tertiary/aromatic N) is 1. The molecule has 0 spiro atoms. The molecule has 1 fully saturated rings. The van der Waals surface area contributed by atoms with Gasteiger partial charge in [0.2, 0.25) is 0 Å². The van der Waals surface area contributed by atoms with E-state index in [0.29, 0.717) is 12.1 Å². The number of morpholine rings is 1. The Labute approximate surface area is 118 Å². The second-order valence-electron chi connectivity index (χ2n) is 5.36. The van der Waals surface area contributed by atoms with Crippen molar-refractivity contribution in [2.45, 2.75) is 33.0 Å². The van der Waals surface area contributed by atoms with Gasteiger partial charge in [-0.3, -0.25) is 4.79 Å². The number of benzene rings is 1. The summed E-state index contributed by atoms with van der Waals surface area (Å²) in [6.07, 6.45) is -1.23. The summed E-state index contributed by atoms with van der Waals surface area (Å²) in [6.45, 7) is 6.15. The SMILES string of the molecule is Cc1cc(C)cc(C(=O)N2CC(C(=O)O)O[C@H](C)C2)c1. The van der Waals surface area contributed by atoms with E-state index in [2.05, 4.69) is 0 Å². The van der Waals surface area contributed by atoms with Gasteiger partial charge in [-0.05, 0) is 32.9 Å². The summed E-state index contributed by atoms with van der Waals surface area (Å²) >= 11 is 0. The molecule has 1 unspecified atom stereocenters. The average molecular weight is 277 g/mol. The van der Waals surface area contributed by atoms with Crippen LogP contribution in [0.5, 0.6) is 0 Å². The van der Waals surface area contributed by atoms with Gasteiger partial charge in [-0.2, -0.15) is 0 Å². The smallest absolute Gasteiger partial charge is 0.334 e. The van der Waals surface area contributed by atoms with Crippen LogP contribution < -0.4 is 0 Å². The number of carboxylic acids is 1. The van der Waals surface area contributed by atoms with Crippen LogP contribution in [0.2, 0.25) is 0 Å². The molecule has 0 saturated carbocycles. The van der Waals surface area contributed by atoms with Crippen LogP contribution in [0.4, 0.5) is 0 Å². The van der Waals surface area contributed by atoms with Crippen LogP contribution in [0.25, 0.3) is 0 Å². The quantitative estimate of drug-likeness (QED) is 0.892. The summed E-state index contributed by atoms with van der Waals surface area (Å²) in [7, 11) is 0. The Morgan fingerprint density at radius 2 is 1.80 bits per heavy atom. The number of carbonyl (C=O) groups is 2. The van der Waals surface area contributed by atoms with E-state index in [-0.39, 0.29) is 18.6 Å². The van der Waals surface area contributed by atoms with E-state index in [0.717, 1.165) is 11.1 Å². The number of rotatable bonds is 2. The molecule has 0 radical (unpaired) electrons. The van der Waals surface area contributed by atoms with Crippen molar-refractivity contribution in [1.82, 2.24) is 4.90 Å². The van der Waals surface area contributed by atoms with Crippen molar-refractivity contribution in [3.05, 3.63) is 34.9 Å². The van der Waals surface area contributed by atoms with Crippen molar-refractivity contribution in [3.63, 3.8) is 0 Å². The molecule has 0 aromatic heterocycles. The van der Waals surface area contributed by atoms with Crippen LogP contribution in [0.1, 0.15) is 28.4 Å². The van der Waals surface area contributed by atoms with E-state index in [9.17, 15) is 9.59 Å². The number of aryl methyl sites for hydroxylation is 2. The Bertz CT molecular complexity index is 520. The van der Waals surface area contributed by atoms with E-state index >= 15 is 0 Å². The lowest BCUT2D eigenvalue weighted by atomic mass is 10.1. The molecule has 1 aromatic rings. The highest BCUT2D eigenvalue weighted by molar-refractivity contribution is 5.95. The molecule has 1 N–H and O–H groups in total. The van der Waals surface area contributed by atoms with Gasteiger partial charge in [0.15, 0.2) is 6.10 Å². The molecule has 1 amide bonds. The summed E-state index contributed by atoms with van der Waals surface area (Å²) < 4.78 is 5.32. The van der Waals surface area contributed by atoms with Crippen molar-refractivity contribution in [2.24, 2.45) is 0 Å². The Hall–Kier alpha value is -1.88. The first kappa shape index (κ1) is 14.5. The van der Waals surface area contributed by atoms with Crippen molar-refractivity contribution in [2.75, 3.05) is 13.1 Å². The van der Waals surface area contributed by atoms with Gasteiger partial charge in [0, 0.05) is 12.1 Å². The minimum Gasteiger partial charge on any atom is -0.479 e. The van der Waals surface area contributed by atoms with Crippen molar-refractivity contribution in [1.29, 1.82) is 0 Å². The number of carbonyl (C=O) groups excluding carboxylic acids is 1. The number of aliphatic carboxylic acids is 1. The monoisotopic (exact) mass is 277 g/mol. The van der Waals surface area contributed by atoms with Gasteiger partial charge < -0.3 is 14.7 Å². The molecular formula is C15H19NO4. The van der Waals surface area contributed by atoms with Gasteiger partial charge >= 0.3 is 5.97 Å². The van der Waals surface area contributed by atoms with Crippen LogP contribution in [0.15, 0.2) is 18.2 Å². The highest BCUT2D eigenvalue weighted by Crippen LogP contribution is 2.17. The molecule has 20 heavy (non-hydrogen) atoms. The van der Waals surface area contributed by atoms with E-state index < -0.39 is 12.1 Å². The molecular weight excluding hydrogens is 258 g/mol. The number of amides is 1. The molecule has 1 heterocycles. The highest BCUT2D eigenvalue weighted by atomic mass is 16.5. The molecule has 1 aliphatic rings. The van der Waals surface area contributed by atoms with E-state index in [1.54, 1.807) is 11.8 Å². The average Bonchev–Trinajstić information content (AvgIpc) is 2.35. The molecule has 1 aromatic carbocycles. The maximum Gasteiger partial charge on any atom is 0.334 e. The van der Waals surface area contributed by atoms with E-state index in [1.807, 2.05) is 32.0 Å². The van der Waals surface area contributed by atoms with E-state index in [4.69, 9.17) is 9.84 Å². The highest BCUT2D eigenvalue weighted by Gasteiger charge is 2.33.